The van der Waals surface area contributed by atoms with Gasteiger partial charge in [0.05, 0.1) is 21.3 Å². The molecule has 0 aliphatic heterocycles. The van der Waals surface area contributed by atoms with Gasteiger partial charge in [-0.05, 0) is 35.4 Å². The van der Waals surface area contributed by atoms with Crippen LogP contribution in [0.3, 0.4) is 0 Å². The molecule has 3 aromatic carbocycles. The van der Waals surface area contributed by atoms with Crippen LogP contribution in [0.15, 0.2) is 66.7 Å². The summed E-state index contributed by atoms with van der Waals surface area (Å²) < 4.78 is 16.1. The zero-order valence-corrected chi connectivity index (χ0v) is 16.7. The standard InChI is InChI=1S/C23H24N2O4/c1-27-20-14-11-18(21(28-2)22(20)29-3)15-24-23(26)25-19-12-9-17(10-13-19)16-7-5-4-6-8-16/h4-14H,15H2,1-3H3,(H2,24,25,26). The Kier molecular flexibility index (Phi) is 6.58. The zero-order valence-electron chi connectivity index (χ0n) is 16.7. The van der Waals surface area contributed by atoms with E-state index in [1.807, 2.05) is 60.7 Å². The molecular weight excluding hydrogens is 368 g/mol. The molecule has 0 aromatic heterocycles. The van der Waals surface area contributed by atoms with Crippen molar-refractivity contribution < 1.29 is 19.0 Å². The van der Waals surface area contributed by atoms with Crippen LogP contribution in [0.1, 0.15) is 5.56 Å². The molecule has 29 heavy (non-hydrogen) atoms. The van der Waals surface area contributed by atoms with Crippen molar-refractivity contribution in [2.24, 2.45) is 0 Å². The highest BCUT2D eigenvalue weighted by Gasteiger charge is 2.16. The lowest BCUT2D eigenvalue weighted by Gasteiger charge is -2.16. The Hall–Kier alpha value is -3.67. The predicted octanol–water partition coefficient (Wildman–Crippen LogP) is 4.70. The highest BCUT2D eigenvalue weighted by atomic mass is 16.5. The zero-order chi connectivity index (χ0) is 20.6. The molecule has 0 aliphatic carbocycles. The number of hydrogen-bond acceptors (Lipinski definition) is 4. The van der Waals surface area contributed by atoms with Gasteiger partial charge in [0.25, 0.3) is 0 Å². The lowest BCUT2D eigenvalue weighted by molar-refractivity contribution is 0.251. The Labute approximate surface area is 170 Å². The quantitative estimate of drug-likeness (QED) is 0.611. The summed E-state index contributed by atoms with van der Waals surface area (Å²) in [5, 5.41) is 5.66. The predicted molar refractivity (Wildman–Crippen MR) is 114 cm³/mol. The monoisotopic (exact) mass is 392 g/mol. The molecular formula is C23H24N2O4. The maximum absolute atomic E-state index is 12.3. The van der Waals surface area contributed by atoms with Crippen molar-refractivity contribution >= 4 is 11.7 Å². The largest absolute Gasteiger partial charge is 0.493 e. The Morgan fingerprint density at radius 2 is 1.41 bits per heavy atom. The van der Waals surface area contributed by atoms with Crippen molar-refractivity contribution in [3.05, 3.63) is 72.3 Å². The normalized spacial score (nSPS) is 10.2. The van der Waals surface area contributed by atoms with E-state index in [0.29, 0.717) is 22.9 Å². The second kappa shape index (κ2) is 9.50. The van der Waals surface area contributed by atoms with Crippen LogP contribution in [0.4, 0.5) is 10.5 Å². The van der Waals surface area contributed by atoms with E-state index in [9.17, 15) is 4.79 Å². The highest BCUT2D eigenvalue weighted by molar-refractivity contribution is 5.89. The molecule has 3 aromatic rings. The van der Waals surface area contributed by atoms with E-state index < -0.39 is 0 Å². The first-order chi connectivity index (χ1) is 14.2. The Balaban J connectivity index is 1.63. The SMILES string of the molecule is COc1ccc(CNC(=O)Nc2ccc(-c3ccccc3)cc2)c(OC)c1OC. The molecule has 0 atom stereocenters. The molecule has 0 fully saturated rings. The van der Waals surface area contributed by atoms with Gasteiger partial charge in [-0.3, -0.25) is 0 Å². The summed E-state index contributed by atoms with van der Waals surface area (Å²) in [5.74, 6) is 1.58. The van der Waals surface area contributed by atoms with Gasteiger partial charge in [-0.15, -0.1) is 0 Å². The Morgan fingerprint density at radius 1 is 0.759 bits per heavy atom. The number of urea groups is 1. The number of anilines is 1. The molecule has 0 aliphatic rings. The van der Waals surface area contributed by atoms with Crippen LogP contribution in [0.2, 0.25) is 0 Å². The smallest absolute Gasteiger partial charge is 0.319 e. The Morgan fingerprint density at radius 3 is 2.03 bits per heavy atom. The van der Waals surface area contributed by atoms with Crippen LogP contribution in [0, 0.1) is 0 Å². The van der Waals surface area contributed by atoms with Gasteiger partial charge in [-0.2, -0.15) is 0 Å². The van der Waals surface area contributed by atoms with Crippen molar-refractivity contribution in [2.45, 2.75) is 6.54 Å². The van der Waals surface area contributed by atoms with Gasteiger partial charge in [0.15, 0.2) is 11.5 Å². The maximum atomic E-state index is 12.3. The van der Waals surface area contributed by atoms with Crippen LogP contribution < -0.4 is 24.8 Å². The summed E-state index contributed by atoms with van der Waals surface area (Å²) >= 11 is 0. The van der Waals surface area contributed by atoms with Gasteiger partial charge in [0, 0.05) is 17.8 Å². The van der Waals surface area contributed by atoms with Crippen LogP contribution in [-0.4, -0.2) is 27.4 Å². The molecule has 0 radical (unpaired) electrons. The van der Waals surface area contributed by atoms with Gasteiger partial charge in [0.2, 0.25) is 5.75 Å². The topological polar surface area (TPSA) is 68.8 Å². The van der Waals surface area contributed by atoms with Crippen LogP contribution in [0.5, 0.6) is 17.2 Å². The summed E-state index contributed by atoms with van der Waals surface area (Å²) in [6.07, 6.45) is 0. The molecule has 0 bridgehead atoms. The molecule has 2 amide bonds. The van der Waals surface area contributed by atoms with E-state index in [4.69, 9.17) is 14.2 Å². The number of carbonyl (C=O) groups excluding carboxylic acids is 1. The van der Waals surface area contributed by atoms with Gasteiger partial charge >= 0.3 is 6.03 Å². The third-order valence-corrected chi connectivity index (χ3v) is 4.48. The first-order valence-corrected chi connectivity index (χ1v) is 9.14. The van der Waals surface area contributed by atoms with Crippen molar-refractivity contribution in [3.8, 4) is 28.4 Å². The molecule has 0 heterocycles. The fraction of sp³-hybridized carbons (Fsp3) is 0.174. The van der Waals surface area contributed by atoms with Crippen LogP contribution in [0.25, 0.3) is 11.1 Å². The lowest BCUT2D eigenvalue weighted by atomic mass is 10.1. The number of rotatable bonds is 7. The fourth-order valence-electron chi connectivity index (χ4n) is 3.03. The number of carbonyl (C=O) groups is 1. The summed E-state index contributed by atoms with van der Waals surface area (Å²) in [6.45, 7) is 0.275. The molecule has 3 rings (SSSR count). The first kappa shape index (κ1) is 20.1. The minimum atomic E-state index is -0.311. The number of nitrogens with one attached hydrogen (secondary N) is 2. The number of hydrogen-bond donors (Lipinski definition) is 2. The average molecular weight is 392 g/mol. The molecule has 0 spiro atoms. The van der Waals surface area contributed by atoms with Crippen molar-refractivity contribution in [1.82, 2.24) is 5.32 Å². The lowest BCUT2D eigenvalue weighted by Crippen LogP contribution is -2.28. The fourth-order valence-corrected chi connectivity index (χ4v) is 3.03. The first-order valence-electron chi connectivity index (χ1n) is 9.14. The molecule has 0 saturated carbocycles. The number of methoxy groups -OCH3 is 3. The summed E-state index contributed by atoms with van der Waals surface area (Å²) in [5.41, 5.74) is 3.71. The molecule has 0 saturated heterocycles. The molecule has 6 nitrogen and oxygen atoms in total. The van der Waals surface area contributed by atoms with Crippen molar-refractivity contribution in [1.29, 1.82) is 0 Å². The number of ether oxygens (including phenoxy) is 3. The molecule has 6 heteroatoms. The Bertz CT molecular complexity index is 957. The number of benzene rings is 3. The van der Waals surface area contributed by atoms with Gasteiger partial charge < -0.3 is 24.8 Å². The second-order valence-electron chi connectivity index (χ2n) is 6.24. The summed E-state index contributed by atoms with van der Waals surface area (Å²) in [6, 6.07) is 21.1. The van der Waals surface area contributed by atoms with Crippen molar-refractivity contribution in [3.63, 3.8) is 0 Å². The van der Waals surface area contributed by atoms with E-state index in [1.165, 1.54) is 0 Å². The average Bonchev–Trinajstić information content (AvgIpc) is 2.77. The third-order valence-electron chi connectivity index (χ3n) is 4.48. The van der Waals surface area contributed by atoms with E-state index >= 15 is 0 Å². The minimum Gasteiger partial charge on any atom is -0.493 e. The molecule has 0 unspecified atom stereocenters. The van der Waals surface area contributed by atoms with Gasteiger partial charge in [-0.1, -0.05) is 42.5 Å². The van der Waals surface area contributed by atoms with Crippen molar-refractivity contribution in [2.75, 3.05) is 26.6 Å². The van der Waals surface area contributed by atoms with E-state index in [2.05, 4.69) is 10.6 Å². The summed E-state index contributed by atoms with van der Waals surface area (Å²) in [7, 11) is 4.66. The van der Waals surface area contributed by atoms with Crippen LogP contribution >= 0.6 is 0 Å². The second-order valence-corrected chi connectivity index (χ2v) is 6.24. The van der Waals surface area contributed by atoms with Crippen LogP contribution in [-0.2, 0) is 6.54 Å². The summed E-state index contributed by atoms with van der Waals surface area (Å²) in [4.78, 5) is 12.3. The van der Waals surface area contributed by atoms with E-state index in [0.717, 1.165) is 16.7 Å². The number of amides is 2. The van der Waals surface area contributed by atoms with Gasteiger partial charge in [0.1, 0.15) is 0 Å². The highest BCUT2D eigenvalue weighted by Crippen LogP contribution is 2.39. The minimum absolute atomic E-state index is 0.275. The van der Waals surface area contributed by atoms with E-state index in [-0.39, 0.29) is 12.6 Å². The molecule has 150 valence electrons. The van der Waals surface area contributed by atoms with Gasteiger partial charge in [-0.25, -0.2) is 4.79 Å². The maximum Gasteiger partial charge on any atom is 0.319 e. The molecule has 2 N–H and O–H groups in total. The van der Waals surface area contributed by atoms with E-state index in [1.54, 1.807) is 27.4 Å². The third kappa shape index (κ3) is 4.79.